The van der Waals surface area contributed by atoms with E-state index in [2.05, 4.69) is 20.7 Å². The Kier molecular flexibility index (Phi) is 5.43. The summed E-state index contributed by atoms with van der Waals surface area (Å²) < 4.78 is 11.3. The molecule has 0 aliphatic heterocycles. The van der Waals surface area contributed by atoms with E-state index in [1.807, 2.05) is 37.3 Å². The normalized spacial score (nSPS) is 14.1. The van der Waals surface area contributed by atoms with Gasteiger partial charge in [-0.15, -0.1) is 0 Å². The van der Waals surface area contributed by atoms with Crippen LogP contribution >= 0.6 is 0 Å². The fourth-order valence-corrected chi connectivity index (χ4v) is 2.33. The Labute approximate surface area is 121 Å². The van der Waals surface area contributed by atoms with E-state index in [1.54, 1.807) is 6.26 Å². The van der Waals surface area contributed by atoms with Crippen LogP contribution in [0.1, 0.15) is 19.0 Å². The van der Waals surface area contributed by atoms with Crippen LogP contribution in [0.5, 0.6) is 0 Å². The van der Waals surface area contributed by atoms with E-state index in [9.17, 15) is 4.21 Å². The molecule has 0 saturated heterocycles. The maximum atomic E-state index is 11.3. The lowest BCUT2D eigenvalue weighted by Crippen LogP contribution is -2.21. The zero-order chi connectivity index (χ0) is 14.4. The van der Waals surface area contributed by atoms with Crippen LogP contribution in [0.3, 0.4) is 0 Å². The second-order valence-corrected chi connectivity index (χ2v) is 6.56. The van der Waals surface area contributed by atoms with Crippen LogP contribution in [0.25, 0.3) is 11.3 Å². The van der Waals surface area contributed by atoms with Crippen LogP contribution in [0.15, 0.2) is 30.3 Å². The summed E-state index contributed by atoms with van der Waals surface area (Å²) in [6.45, 7) is 3.48. The van der Waals surface area contributed by atoms with Gasteiger partial charge in [-0.2, -0.15) is 15.4 Å². The number of aromatic amines is 1. The lowest BCUT2D eigenvalue weighted by Gasteiger charge is -2.08. The van der Waals surface area contributed by atoms with Gasteiger partial charge in [0, 0.05) is 34.4 Å². The number of benzene rings is 1. The van der Waals surface area contributed by atoms with Crippen molar-refractivity contribution in [3.8, 4) is 11.3 Å². The zero-order valence-electron chi connectivity index (χ0n) is 11.8. The van der Waals surface area contributed by atoms with Gasteiger partial charge < -0.3 is 5.32 Å². The number of nitrogens with one attached hydrogen (secondary N) is 2. The molecule has 2 N–H and O–H groups in total. The van der Waals surface area contributed by atoms with E-state index >= 15 is 0 Å². The summed E-state index contributed by atoms with van der Waals surface area (Å²) in [5, 5.41) is 14.6. The summed E-state index contributed by atoms with van der Waals surface area (Å²) in [5.74, 6) is 0. The van der Waals surface area contributed by atoms with Crippen molar-refractivity contribution in [3.63, 3.8) is 0 Å². The highest BCUT2D eigenvalue weighted by Gasteiger charge is 2.10. The molecule has 0 amide bonds. The van der Waals surface area contributed by atoms with Gasteiger partial charge in [0.1, 0.15) is 11.4 Å². The number of hydrogen-bond donors (Lipinski definition) is 2. The Morgan fingerprint density at radius 3 is 2.75 bits per heavy atom. The van der Waals surface area contributed by atoms with Crippen LogP contribution in [0, 0.1) is 0 Å². The molecule has 5 nitrogen and oxygen atoms in total. The number of hydrogen-bond acceptors (Lipinski definition) is 4. The highest BCUT2D eigenvalue weighted by Crippen LogP contribution is 2.18. The third kappa shape index (κ3) is 3.98. The highest BCUT2D eigenvalue weighted by atomic mass is 32.2. The Morgan fingerprint density at radius 2 is 2.05 bits per heavy atom. The monoisotopic (exact) mass is 292 g/mol. The number of aromatic nitrogens is 3. The van der Waals surface area contributed by atoms with E-state index in [0.717, 1.165) is 29.9 Å². The molecule has 108 valence electrons. The Balaban J connectivity index is 1.89. The molecule has 1 heterocycles. The van der Waals surface area contributed by atoms with Gasteiger partial charge in [0.25, 0.3) is 0 Å². The van der Waals surface area contributed by atoms with Gasteiger partial charge in [0.2, 0.25) is 0 Å². The van der Waals surface area contributed by atoms with Gasteiger partial charge in [0.05, 0.1) is 0 Å². The quantitative estimate of drug-likeness (QED) is 0.762. The molecule has 0 spiro atoms. The summed E-state index contributed by atoms with van der Waals surface area (Å²) in [7, 11) is -0.759. The minimum Gasteiger partial charge on any atom is -0.311 e. The summed E-state index contributed by atoms with van der Waals surface area (Å²) >= 11 is 0. The molecular formula is C14H20N4OS. The van der Waals surface area contributed by atoms with Gasteiger partial charge in [-0.1, -0.05) is 37.3 Å². The molecule has 2 atom stereocenters. The maximum absolute atomic E-state index is 11.3. The first kappa shape index (κ1) is 14.9. The molecule has 0 radical (unpaired) electrons. The lowest BCUT2D eigenvalue weighted by atomic mass is 10.1. The smallest absolute Gasteiger partial charge is 0.117 e. The first-order chi connectivity index (χ1) is 9.68. The average molecular weight is 292 g/mol. The second-order valence-electron chi connectivity index (χ2n) is 4.76. The SMILES string of the molecule is CC(CCNCc1n[nH]nc1-c1ccccc1)S(C)=O. The van der Waals surface area contributed by atoms with E-state index in [1.165, 1.54) is 0 Å². The van der Waals surface area contributed by atoms with Crippen molar-refractivity contribution in [2.45, 2.75) is 25.1 Å². The highest BCUT2D eigenvalue weighted by molar-refractivity contribution is 7.84. The summed E-state index contributed by atoms with van der Waals surface area (Å²) in [6, 6.07) is 9.99. The first-order valence-corrected chi connectivity index (χ1v) is 8.28. The molecule has 20 heavy (non-hydrogen) atoms. The molecule has 2 rings (SSSR count). The minimum atomic E-state index is -0.759. The van der Waals surface area contributed by atoms with Crippen molar-refractivity contribution in [2.24, 2.45) is 0 Å². The molecular weight excluding hydrogens is 272 g/mol. The third-order valence-corrected chi connectivity index (χ3v) is 4.62. The molecule has 0 saturated carbocycles. The first-order valence-electron chi connectivity index (χ1n) is 6.66. The molecule has 6 heteroatoms. The van der Waals surface area contributed by atoms with Crippen LogP contribution in [-0.4, -0.2) is 37.7 Å². The summed E-state index contributed by atoms with van der Waals surface area (Å²) in [6.07, 6.45) is 2.64. The minimum absolute atomic E-state index is 0.216. The van der Waals surface area contributed by atoms with Crippen molar-refractivity contribution < 1.29 is 4.21 Å². The van der Waals surface area contributed by atoms with Crippen LogP contribution < -0.4 is 5.32 Å². The largest absolute Gasteiger partial charge is 0.311 e. The number of rotatable bonds is 7. The third-order valence-electron chi connectivity index (χ3n) is 3.25. The van der Waals surface area contributed by atoms with Crippen LogP contribution in [-0.2, 0) is 17.3 Å². The predicted molar refractivity (Wildman–Crippen MR) is 81.7 cm³/mol. The van der Waals surface area contributed by atoms with Gasteiger partial charge in [-0.3, -0.25) is 4.21 Å². The maximum Gasteiger partial charge on any atom is 0.117 e. The molecule has 1 aromatic carbocycles. The van der Waals surface area contributed by atoms with Crippen LogP contribution in [0.4, 0.5) is 0 Å². The van der Waals surface area contributed by atoms with Gasteiger partial charge >= 0.3 is 0 Å². The van der Waals surface area contributed by atoms with Crippen molar-refractivity contribution in [3.05, 3.63) is 36.0 Å². The van der Waals surface area contributed by atoms with Crippen molar-refractivity contribution in [1.82, 2.24) is 20.7 Å². The summed E-state index contributed by atoms with van der Waals surface area (Å²) in [5.41, 5.74) is 2.84. The Hall–Kier alpha value is -1.53. The van der Waals surface area contributed by atoms with Crippen molar-refractivity contribution in [2.75, 3.05) is 12.8 Å². The van der Waals surface area contributed by atoms with Gasteiger partial charge in [0.15, 0.2) is 0 Å². The molecule has 0 aliphatic rings. The number of H-pyrrole nitrogens is 1. The lowest BCUT2D eigenvalue weighted by molar-refractivity contribution is 0.623. The second kappa shape index (κ2) is 7.31. The molecule has 0 fully saturated rings. The van der Waals surface area contributed by atoms with Crippen LogP contribution in [0.2, 0.25) is 0 Å². The van der Waals surface area contributed by atoms with E-state index < -0.39 is 10.8 Å². The van der Waals surface area contributed by atoms with Crippen molar-refractivity contribution >= 4 is 10.8 Å². The Morgan fingerprint density at radius 1 is 1.30 bits per heavy atom. The van der Waals surface area contributed by atoms with E-state index in [0.29, 0.717) is 6.54 Å². The molecule has 0 aliphatic carbocycles. The van der Waals surface area contributed by atoms with Gasteiger partial charge in [-0.05, 0) is 13.0 Å². The Bertz CT molecular complexity index is 555. The molecule has 0 bridgehead atoms. The predicted octanol–water partition coefficient (Wildman–Crippen LogP) is 1.72. The van der Waals surface area contributed by atoms with E-state index in [4.69, 9.17) is 0 Å². The average Bonchev–Trinajstić information content (AvgIpc) is 2.92. The number of nitrogens with zero attached hydrogens (tertiary/aromatic N) is 2. The fourth-order valence-electron chi connectivity index (χ4n) is 1.88. The van der Waals surface area contributed by atoms with Crippen molar-refractivity contribution in [1.29, 1.82) is 0 Å². The standard InChI is InChI=1S/C14H20N4OS/c1-11(20(2)19)8-9-15-10-13-14(17-18-16-13)12-6-4-3-5-7-12/h3-7,11,15H,8-10H2,1-2H3,(H,16,17,18). The summed E-state index contributed by atoms with van der Waals surface area (Å²) in [4.78, 5) is 0. The molecule has 2 aromatic rings. The fraction of sp³-hybridized carbons (Fsp3) is 0.429. The molecule has 2 unspecified atom stereocenters. The molecule has 1 aromatic heterocycles. The topological polar surface area (TPSA) is 70.7 Å². The van der Waals surface area contributed by atoms with E-state index in [-0.39, 0.29) is 5.25 Å². The zero-order valence-corrected chi connectivity index (χ0v) is 12.6. The van der Waals surface area contributed by atoms with Gasteiger partial charge in [-0.25, -0.2) is 0 Å².